The van der Waals surface area contributed by atoms with Crippen molar-refractivity contribution in [3.63, 3.8) is 0 Å². The summed E-state index contributed by atoms with van der Waals surface area (Å²) in [7, 11) is -4.14. The predicted molar refractivity (Wildman–Crippen MR) is 76.3 cm³/mol. The first-order valence-electron chi connectivity index (χ1n) is 6.81. The molecule has 0 radical (unpaired) electrons. The van der Waals surface area contributed by atoms with Crippen LogP contribution >= 0.6 is 0 Å². The number of aromatic nitrogens is 2. The molecule has 6 heteroatoms. The van der Waals surface area contributed by atoms with E-state index in [-0.39, 0.29) is 12.2 Å². The monoisotopic (exact) mass is 307 g/mol. The summed E-state index contributed by atoms with van der Waals surface area (Å²) in [5.74, 6) is -0.351. The molecule has 0 unspecified atom stereocenters. The summed E-state index contributed by atoms with van der Waals surface area (Å²) in [6.45, 7) is 3.76. The smallest absolute Gasteiger partial charge is 0.206 e. The van der Waals surface area contributed by atoms with Crippen molar-refractivity contribution in [3.05, 3.63) is 60.2 Å². The van der Waals surface area contributed by atoms with Crippen LogP contribution in [0.3, 0.4) is 0 Å². The molecule has 0 aliphatic heterocycles. The summed E-state index contributed by atoms with van der Waals surface area (Å²) >= 11 is 0. The first-order chi connectivity index (χ1) is 9.94. The largest absolute Gasteiger partial charge is 0.748 e. The molecule has 0 atom stereocenters. The van der Waals surface area contributed by atoms with E-state index in [1.165, 1.54) is 5.69 Å². The second-order valence-corrected chi connectivity index (χ2v) is 6.52. The molecule has 2 aromatic rings. The summed E-state index contributed by atoms with van der Waals surface area (Å²) < 4.78 is 36.0. The highest BCUT2D eigenvalue weighted by Gasteiger charge is 2.08. The molecule has 0 saturated carbocycles. The minimum absolute atomic E-state index is 0.263. The van der Waals surface area contributed by atoms with Crippen LogP contribution in [0, 0.1) is 6.92 Å². The molecule has 2 rings (SSSR count). The van der Waals surface area contributed by atoms with Crippen LogP contribution in [0.5, 0.6) is 0 Å². The fourth-order valence-electron chi connectivity index (χ4n) is 2.08. The fourth-order valence-corrected chi connectivity index (χ4v) is 2.57. The molecule has 112 valence electrons. The molecule has 0 fully saturated rings. The maximum Gasteiger partial charge on any atom is 0.206 e. The highest BCUT2D eigenvalue weighted by atomic mass is 32.2. The molecule has 0 amide bonds. The topological polar surface area (TPSA) is 65.0 Å². The molecule has 0 aliphatic rings. The van der Waals surface area contributed by atoms with Crippen LogP contribution in [0.1, 0.15) is 11.3 Å². The maximum atomic E-state index is 10.6. The van der Waals surface area contributed by atoms with Crippen molar-refractivity contribution >= 4 is 10.1 Å². The predicted octanol–water partition coefficient (Wildman–Crippen LogP) is 0.358. The molecule has 0 bridgehead atoms. The summed E-state index contributed by atoms with van der Waals surface area (Å²) in [6, 6.07) is 9.79. The summed E-state index contributed by atoms with van der Waals surface area (Å²) in [6.07, 6.45) is 6.12. The summed E-state index contributed by atoms with van der Waals surface area (Å²) in [4.78, 5) is 0. The van der Waals surface area contributed by atoms with E-state index in [1.54, 1.807) is 0 Å². The number of hydrogen-bond acceptors (Lipinski definition) is 3. The Morgan fingerprint density at radius 2 is 1.76 bits per heavy atom. The molecule has 5 nitrogen and oxygen atoms in total. The Labute approximate surface area is 125 Å². The van der Waals surface area contributed by atoms with Crippen LogP contribution in [0.2, 0.25) is 0 Å². The Morgan fingerprint density at radius 1 is 1.05 bits per heavy atom. The Hall–Kier alpha value is -1.79. The highest BCUT2D eigenvalue weighted by molar-refractivity contribution is 7.85. The van der Waals surface area contributed by atoms with Gasteiger partial charge < -0.3 is 4.55 Å². The number of hydrogen-bond donors (Lipinski definition) is 0. The van der Waals surface area contributed by atoms with Gasteiger partial charge in [-0.25, -0.2) is 8.42 Å². The van der Waals surface area contributed by atoms with Crippen molar-refractivity contribution in [2.45, 2.75) is 26.4 Å². The Morgan fingerprint density at radius 3 is 2.38 bits per heavy atom. The number of aryl methyl sites for hydroxylation is 4. The fraction of sp³-hybridized carbons (Fsp3) is 0.333. The van der Waals surface area contributed by atoms with E-state index in [0.717, 1.165) is 18.7 Å². The molecule has 0 N–H and O–H groups in total. The van der Waals surface area contributed by atoms with Gasteiger partial charge in [-0.05, 0) is 12.0 Å². The van der Waals surface area contributed by atoms with Crippen molar-refractivity contribution in [2.24, 2.45) is 0 Å². The molecular weight excluding hydrogens is 288 g/mol. The Kier molecular flexibility index (Phi) is 5.03. The highest BCUT2D eigenvalue weighted by Crippen LogP contribution is 1.99. The van der Waals surface area contributed by atoms with E-state index in [1.807, 2.05) is 47.4 Å². The lowest BCUT2D eigenvalue weighted by Gasteiger charge is -2.05. The normalized spacial score (nSPS) is 11.5. The standard InChI is InChI=1S/C15H19N2O3S/c1-14-4-2-3-8-17(14)12-11-16-9-5-15(6-10-16)7-13-21(18,19)20/h2-6,8-10H,7,11-13H2,1H3/q+1. The zero-order chi connectivity index (χ0) is 15.3. The van der Waals surface area contributed by atoms with Crippen LogP contribution in [-0.2, 0) is 29.6 Å². The molecule has 0 spiro atoms. The van der Waals surface area contributed by atoms with Gasteiger partial charge in [0.05, 0.1) is 10.1 Å². The van der Waals surface area contributed by atoms with Gasteiger partial charge in [-0.3, -0.25) is 0 Å². The van der Waals surface area contributed by atoms with Crippen molar-refractivity contribution in [3.8, 4) is 0 Å². The lowest BCUT2D eigenvalue weighted by Crippen LogP contribution is -2.45. The van der Waals surface area contributed by atoms with Gasteiger partial charge in [0.25, 0.3) is 0 Å². The second-order valence-electron chi connectivity index (χ2n) is 4.99. The van der Waals surface area contributed by atoms with Gasteiger partial charge in [0.2, 0.25) is 13.1 Å². The average Bonchev–Trinajstić information content (AvgIpc) is 2.45. The van der Waals surface area contributed by atoms with Crippen LogP contribution in [0.25, 0.3) is 0 Å². The number of rotatable bonds is 6. The SMILES string of the molecule is Cc1cccc[n+]1CC[n+]1ccc(CCS(=O)(=O)[O-])cc1. The third-order valence-corrected chi connectivity index (χ3v) is 4.07. The first-order valence-corrected chi connectivity index (χ1v) is 8.38. The molecule has 2 aromatic heterocycles. The number of nitrogens with zero attached hydrogens (tertiary/aromatic N) is 2. The van der Waals surface area contributed by atoms with E-state index in [2.05, 4.69) is 17.6 Å². The van der Waals surface area contributed by atoms with Gasteiger partial charge in [0, 0.05) is 36.9 Å². The van der Waals surface area contributed by atoms with E-state index in [9.17, 15) is 13.0 Å². The van der Waals surface area contributed by atoms with E-state index in [4.69, 9.17) is 0 Å². The van der Waals surface area contributed by atoms with E-state index >= 15 is 0 Å². The van der Waals surface area contributed by atoms with Gasteiger partial charge >= 0.3 is 0 Å². The average molecular weight is 307 g/mol. The first kappa shape index (κ1) is 15.6. The third-order valence-electron chi connectivity index (χ3n) is 3.37. The third kappa shape index (κ3) is 5.24. The second kappa shape index (κ2) is 6.78. The maximum absolute atomic E-state index is 10.6. The minimum atomic E-state index is -4.14. The summed E-state index contributed by atoms with van der Waals surface area (Å²) in [5.41, 5.74) is 2.06. The molecule has 0 aliphatic carbocycles. The van der Waals surface area contributed by atoms with Gasteiger partial charge in [0.15, 0.2) is 24.3 Å². The van der Waals surface area contributed by atoms with Crippen molar-refractivity contribution in [1.82, 2.24) is 0 Å². The number of pyridine rings is 2. The van der Waals surface area contributed by atoms with Crippen molar-refractivity contribution < 1.29 is 22.1 Å². The Bertz CT molecular complexity index is 697. The van der Waals surface area contributed by atoms with E-state index < -0.39 is 10.1 Å². The summed E-state index contributed by atoms with van der Waals surface area (Å²) in [5, 5.41) is 0. The zero-order valence-electron chi connectivity index (χ0n) is 12.0. The Balaban J connectivity index is 1.92. The zero-order valence-corrected chi connectivity index (χ0v) is 12.8. The van der Waals surface area contributed by atoms with Crippen LogP contribution in [0.15, 0.2) is 48.9 Å². The van der Waals surface area contributed by atoms with Gasteiger partial charge in [-0.15, -0.1) is 0 Å². The molecule has 0 saturated heterocycles. The van der Waals surface area contributed by atoms with Gasteiger partial charge in [-0.1, -0.05) is 6.07 Å². The molecule has 21 heavy (non-hydrogen) atoms. The van der Waals surface area contributed by atoms with Crippen molar-refractivity contribution in [2.75, 3.05) is 5.75 Å². The van der Waals surface area contributed by atoms with Crippen molar-refractivity contribution in [1.29, 1.82) is 0 Å². The lowest BCUT2D eigenvalue weighted by molar-refractivity contribution is -0.781. The van der Waals surface area contributed by atoms with Gasteiger partial charge in [-0.2, -0.15) is 9.13 Å². The quantitative estimate of drug-likeness (QED) is 0.572. The molecule has 2 heterocycles. The van der Waals surface area contributed by atoms with Gasteiger partial charge in [0.1, 0.15) is 0 Å². The minimum Gasteiger partial charge on any atom is -0.748 e. The van der Waals surface area contributed by atoms with Crippen LogP contribution in [0.4, 0.5) is 0 Å². The van der Waals surface area contributed by atoms with Crippen LogP contribution in [-0.4, -0.2) is 18.7 Å². The van der Waals surface area contributed by atoms with E-state index in [0.29, 0.717) is 0 Å². The lowest BCUT2D eigenvalue weighted by atomic mass is 10.2. The molecular formula is C15H19N2O3S+. The van der Waals surface area contributed by atoms with Crippen LogP contribution < -0.4 is 9.13 Å². The molecule has 0 aromatic carbocycles.